The highest BCUT2D eigenvalue weighted by atomic mass is 32.1. The van der Waals surface area contributed by atoms with Gasteiger partial charge in [-0.1, -0.05) is 6.07 Å². The SMILES string of the molecule is CC(NCCOC(C(F)(F)F)C(F)(F)F)c1cccs1. The van der Waals surface area contributed by atoms with Gasteiger partial charge >= 0.3 is 12.4 Å². The number of nitrogens with one attached hydrogen (secondary N) is 1. The molecule has 0 aliphatic rings. The summed E-state index contributed by atoms with van der Waals surface area (Å²) in [4.78, 5) is 0.938. The molecule has 0 saturated heterocycles. The molecule has 1 heterocycles. The van der Waals surface area contributed by atoms with Gasteiger partial charge in [-0.2, -0.15) is 26.3 Å². The summed E-state index contributed by atoms with van der Waals surface area (Å²) in [6, 6.07) is 3.46. The molecule has 1 unspecified atom stereocenters. The predicted octanol–water partition coefficient (Wildman–Crippen LogP) is 3.91. The Morgan fingerprint density at radius 3 is 2.25 bits per heavy atom. The minimum absolute atomic E-state index is 0.109. The summed E-state index contributed by atoms with van der Waals surface area (Å²) < 4.78 is 76.9. The molecule has 0 fully saturated rings. The van der Waals surface area contributed by atoms with E-state index in [2.05, 4.69) is 10.1 Å². The van der Waals surface area contributed by atoms with Crippen LogP contribution in [0, 0.1) is 0 Å². The van der Waals surface area contributed by atoms with E-state index in [9.17, 15) is 26.3 Å². The maximum absolute atomic E-state index is 12.2. The summed E-state index contributed by atoms with van der Waals surface area (Å²) in [5, 5.41) is 4.62. The molecule has 20 heavy (non-hydrogen) atoms. The van der Waals surface area contributed by atoms with Crippen LogP contribution in [0.4, 0.5) is 26.3 Å². The third-order valence-electron chi connectivity index (χ3n) is 2.40. The first-order chi connectivity index (χ1) is 9.12. The largest absolute Gasteiger partial charge is 0.423 e. The molecule has 9 heteroatoms. The summed E-state index contributed by atoms with van der Waals surface area (Å²) in [6.45, 7) is 0.970. The lowest BCUT2D eigenvalue weighted by molar-refractivity contribution is -0.321. The smallest absolute Gasteiger partial charge is 0.360 e. The number of hydrogen-bond donors (Lipinski definition) is 1. The van der Waals surface area contributed by atoms with Crippen LogP contribution in [-0.4, -0.2) is 31.6 Å². The maximum Gasteiger partial charge on any atom is 0.423 e. The second-order valence-electron chi connectivity index (χ2n) is 4.03. The van der Waals surface area contributed by atoms with Crippen molar-refractivity contribution in [1.82, 2.24) is 5.32 Å². The molecule has 0 radical (unpaired) electrons. The first-order valence-corrected chi connectivity index (χ1v) is 6.52. The molecule has 1 rings (SSSR count). The lowest BCUT2D eigenvalue weighted by Crippen LogP contribution is -2.45. The Bertz CT molecular complexity index is 375. The summed E-state index contributed by atoms with van der Waals surface area (Å²) in [7, 11) is 0. The van der Waals surface area contributed by atoms with E-state index in [-0.39, 0.29) is 12.6 Å². The van der Waals surface area contributed by atoms with Crippen LogP contribution < -0.4 is 5.32 Å². The van der Waals surface area contributed by atoms with Crippen molar-refractivity contribution in [2.24, 2.45) is 0 Å². The normalized spacial score (nSPS) is 14.8. The minimum Gasteiger partial charge on any atom is -0.360 e. The van der Waals surface area contributed by atoms with E-state index >= 15 is 0 Å². The summed E-state index contributed by atoms with van der Waals surface area (Å²) in [6.07, 6.45) is -14.7. The van der Waals surface area contributed by atoms with Crippen LogP contribution in [-0.2, 0) is 4.74 Å². The van der Waals surface area contributed by atoms with E-state index < -0.39 is 25.1 Å². The van der Waals surface area contributed by atoms with Gasteiger partial charge in [-0.15, -0.1) is 11.3 Å². The second kappa shape index (κ2) is 6.77. The average molecular weight is 321 g/mol. The lowest BCUT2D eigenvalue weighted by Gasteiger charge is -2.23. The zero-order valence-electron chi connectivity index (χ0n) is 10.4. The Hall–Kier alpha value is -0.800. The van der Waals surface area contributed by atoms with Gasteiger partial charge in [0.25, 0.3) is 0 Å². The molecular formula is C11H13F6NOS. The fourth-order valence-corrected chi connectivity index (χ4v) is 2.22. The van der Waals surface area contributed by atoms with Gasteiger partial charge in [-0.3, -0.25) is 0 Å². The van der Waals surface area contributed by atoms with Crippen LogP contribution in [0.15, 0.2) is 17.5 Å². The van der Waals surface area contributed by atoms with Crippen LogP contribution in [0.1, 0.15) is 17.8 Å². The number of rotatable bonds is 6. The van der Waals surface area contributed by atoms with Crippen molar-refractivity contribution in [1.29, 1.82) is 0 Å². The molecule has 0 aliphatic carbocycles. The van der Waals surface area contributed by atoms with E-state index in [4.69, 9.17) is 0 Å². The number of ether oxygens (including phenoxy) is 1. The van der Waals surface area contributed by atoms with Gasteiger partial charge in [0, 0.05) is 17.5 Å². The third-order valence-corrected chi connectivity index (χ3v) is 3.46. The van der Waals surface area contributed by atoms with Gasteiger partial charge in [0.05, 0.1) is 6.61 Å². The molecule has 116 valence electrons. The van der Waals surface area contributed by atoms with E-state index in [0.717, 1.165) is 4.88 Å². The molecule has 1 atom stereocenters. The zero-order valence-corrected chi connectivity index (χ0v) is 11.2. The molecule has 0 saturated carbocycles. The minimum atomic E-state index is -5.46. The first-order valence-electron chi connectivity index (χ1n) is 5.64. The average Bonchev–Trinajstić information content (AvgIpc) is 2.77. The number of hydrogen-bond acceptors (Lipinski definition) is 3. The van der Waals surface area contributed by atoms with Crippen molar-refractivity contribution in [3.05, 3.63) is 22.4 Å². The van der Waals surface area contributed by atoms with Crippen molar-refractivity contribution in [2.45, 2.75) is 31.4 Å². The molecule has 2 nitrogen and oxygen atoms in total. The summed E-state index contributed by atoms with van der Waals surface area (Å²) in [5.41, 5.74) is 0. The van der Waals surface area contributed by atoms with Crippen LogP contribution in [0.2, 0.25) is 0 Å². The fraction of sp³-hybridized carbons (Fsp3) is 0.636. The first kappa shape index (κ1) is 17.3. The highest BCUT2D eigenvalue weighted by Crippen LogP contribution is 2.35. The Balaban J connectivity index is 2.38. The Morgan fingerprint density at radius 1 is 1.20 bits per heavy atom. The molecule has 1 N–H and O–H groups in total. The van der Waals surface area contributed by atoms with Crippen molar-refractivity contribution in [2.75, 3.05) is 13.2 Å². The molecule has 0 aliphatic heterocycles. The van der Waals surface area contributed by atoms with Crippen LogP contribution in [0.5, 0.6) is 0 Å². The monoisotopic (exact) mass is 321 g/mol. The van der Waals surface area contributed by atoms with E-state index in [1.165, 1.54) is 11.3 Å². The van der Waals surface area contributed by atoms with Crippen molar-refractivity contribution < 1.29 is 31.1 Å². The summed E-state index contributed by atoms with van der Waals surface area (Å²) in [5.74, 6) is 0. The fourth-order valence-electron chi connectivity index (χ4n) is 1.47. The molecule has 1 aromatic heterocycles. The molecular weight excluding hydrogens is 308 g/mol. The van der Waals surface area contributed by atoms with Gasteiger partial charge in [-0.05, 0) is 18.4 Å². The van der Waals surface area contributed by atoms with Gasteiger partial charge in [-0.25, -0.2) is 0 Å². The Labute approximate surface area is 115 Å². The van der Waals surface area contributed by atoms with Crippen LogP contribution >= 0.6 is 11.3 Å². The zero-order chi connectivity index (χ0) is 15.4. The quantitative estimate of drug-likeness (QED) is 0.634. The highest BCUT2D eigenvalue weighted by Gasteiger charge is 2.57. The molecule has 0 spiro atoms. The van der Waals surface area contributed by atoms with Crippen molar-refractivity contribution in [3.8, 4) is 0 Å². The van der Waals surface area contributed by atoms with E-state index in [1.807, 2.05) is 11.4 Å². The van der Waals surface area contributed by atoms with Gasteiger partial charge in [0.15, 0.2) is 0 Å². The number of halogens is 6. The lowest BCUT2D eigenvalue weighted by atomic mass is 10.3. The third kappa shape index (κ3) is 5.29. The molecule has 0 bridgehead atoms. The number of alkyl halides is 6. The maximum atomic E-state index is 12.2. The van der Waals surface area contributed by atoms with Crippen LogP contribution in [0.3, 0.4) is 0 Å². The Kier molecular flexibility index (Phi) is 5.84. The van der Waals surface area contributed by atoms with Gasteiger partial charge in [0.2, 0.25) is 6.10 Å². The van der Waals surface area contributed by atoms with Crippen LogP contribution in [0.25, 0.3) is 0 Å². The second-order valence-corrected chi connectivity index (χ2v) is 5.00. The molecule has 0 amide bonds. The van der Waals surface area contributed by atoms with Crippen molar-refractivity contribution in [3.63, 3.8) is 0 Å². The Morgan fingerprint density at radius 2 is 1.80 bits per heavy atom. The predicted molar refractivity (Wildman–Crippen MR) is 62.6 cm³/mol. The molecule has 1 aromatic rings. The summed E-state index contributed by atoms with van der Waals surface area (Å²) >= 11 is 1.44. The standard InChI is InChI=1S/C11H13F6NOS/c1-7(8-3-2-6-20-8)18-4-5-19-9(10(12,13)14)11(15,16)17/h2-3,6-7,9,18H,4-5H2,1H3. The number of thiophene rings is 1. The van der Waals surface area contributed by atoms with Crippen molar-refractivity contribution >= 4 is 11.3 Å². The van der Waals surface area contributed by atoms with Gasteiger partial charge in [0.1, 0.15) is 0 Å². The van der Waals surface area contributed by atoms with E-state index in [1.54, 1.807) is 13.0 Å². The highest BCUT2D eigenvalue weighted by molar-refractivity contribution is 7.10. The van der Waals surface area contributed by atoms with E-state index in [0.29, 0.717) is 0 Å². The van der Waals surface area contributed by atoms with Gasteiger partial charge < -0.3 is 10.1 Å². The topological polar surface area (TPSA) is 21.3 Å². The molecule has 0 aromatic carbocycles.